The van der Waals surface area contributed by atoms with Crippen molar-refractivity contribution in [2.45, 2.75) is 37.6 Å². The molecule has 3 rings (SSSR count). The van der Waals surface area contributed by atoms with E-state index < -0.39 is 0 Å². The molecule has 110 valence electrons. The molecule has 21 heavy (non-hydrogen) atoms. The Morgan fingerprint density at radius 2 is 1.67 bits per heavy atom. The van der Waals surface area contributed by atoms with Gasteiger partial charge in [0.2, 0.25) is 0 Å². The van der Waals surface area contributed by atoms with Crippen molar-refractivity contribution >= 4 is 21.6 Å². The Balaban J connectivity index is 1.60. The monoisotopic (exact) mass is 347 g/mol. The molecule has 2 aromatic rings. The molecule has 0 unspecified atom stereocenters. The second-order valence-electron chi connectivity index (χ2n) is 5.73. The highest BCUT2D eigenvalue weighted by atomic mass is 79.9. The fourth-order valence-corrected chi connectivity index (χ4v) is 3.49. The largest absolute Gasteiger partial charge is 0.381 e. The van der Waals surface area contributed by atoms with Crippen LogP contribution in [0, 0.1) is 5.82 Å². The summed E-state index contributed by atoms with van der Waals surface area (Å²) >= 11 is 3.48. The van der Waals surface area contributed by atoms with Crippen LogP contribution in [-0.2, 0) is 0 Å². The first kappa shape index (κ1) is 14.6. The first-order chi connectivity index (χ1) is 10.2. The van der Waals surface area contributed by atoms with Gasteiger partial charge in [-0.25, -0.2) is 4.39 Å². The first-order valence-electron chi connectivity index (χ1n) is 7.49. The number of hydrogen-bond donors (Lipinski definition) is 1. The zero-order valence-electron chi connectivity index (χ0n) is 11.9. The summed E-state index contributed by atoms with van der Waals surface area (Å²) in [6.07, 6.45) is 4.63. The van der Waals surface area contributed by atoms with Gasteiger partial charge in [-0.2, -0.15) is 0 Å². The number of rotatable bonds is 3. The Morgan fingerprint density at radius 3 is 2.38 bits per heavy atom. The summed E-state index contributed by atoms with van der Waals surface area (Å²) < 4.78 is 14.2. The number of benzene rings is 2. The van der Waals surface area contributed by atoms with E-state index in [0.717, 1.165) is 23.0 Å². The van der Waals surface area contributed by atoms with E-state index >= 15 is 0 Å². The molecule has 1 aliphatic carbocycles. The molecule has 0 saturated heterocycles. The van der Waals surface area contributed by atoms with Crippen LogP contribution in [0.5, 0.6) is 0 Å². The molecular formula is C18H19BrFN. The van der Waals surface area contributed by atoms with Gasteiger partial charge in [-0.15, -0.1) is 0 Å². The van der Waals surface area contributed by atoms with E-state index in [9.17, 15) is 4.39 Å². The topological polar surface area (TPSA) is 12.0 Å². The van der Waals surface area contributed by atoms with Gasteiger partial charge < -0.3 is 5.32 Å². The zero-order valence-corrected chi connectivity index (χ0v) is 13.4. The Kier molecular flexibility index (Phi) is 4.59. The van der Waals surface area contributed by atoms with Gasteiger partial charge >= 0.3 is 0 Å². The van der Waals surface area contributed by atoms with Crippen LogP contribution in [0.3, 0.4) is 0 Å². The van der Waals surface area contributed by atoms with Crippen LogP contribution in [0.1, 0.15) is 37.2 Å². The van der Waals surface area contributed by atoms with Crippen molar-refractivity contribution in [3.63, 3.8) is 0 Å². The van der Waals surface area contributed by atoms with Gasteiger partial charge in [0.1, 0.15) is 5.82 Å². The average molecular weight is 348 g/mol. The highest BCUT2D eigenvalue weighted by Crippen LogP contribution is 2.35. The van der Waals surface area contributed by atoms with Crippen LogP contribution in [0.15, 0.2) is 53.0 Å². The van der Waals surface area contributed by atoms with Crippen molar-refractivity contribution < 1.29 is 4.39 Å². The Hall–Kier alpha value is -1.35. The second kappa shape index (κ2) is 6.61. The molecule has 1 nitrogen and oxygen atoms in total. The summed E-state index contributed by atoms with van der Waals surface area (Å²) in [6.45, 7) is 0. The van der Waals surface area contributed by atoms with Crippen molar-refractivity contribution in [3.05, 3.63) is 64.4 Å². The molecule has 1 saturated carbocycles. The standard InChI is InChI=1S/C18H19BrFN/c19-17-11-8-15(20)12-18(17)21-16-9-6-14(7-10-16)13-4-2-1-3-5-13/h1-5,8,11-12,14,16,21H,6-7,9-10H2. The van der Waals surface area contributed by atoms with Crippen molar-refractivity contribution in [1.82, 2.24) is 0 Å². The fourth-order valence-electron chi connectivity index (χ4n) is 3.12. The van der Waals surface area contributed by atoms with Gasteiger partial charge in [0.05, 0.1) is 5.69 Å². The summed E-state index contributed by atoms with van der Waals surface area (Å²) in [6, 6.07) is 16.0. The SMILES string of the molecule is Fc1ccc(Br)c(NC2CCC(c3ccccc3)CC2)c1. The highest BCUT2D eigenvalue weighted by molar-refractivity contribution is 9.10. The minimum absolute atomic E-state index is 0.196. The molecule has 1 aliphatic rings. The maximum Gasteiger partial charge on any atom is 0.125 e. The van der Waals surface area contributed by atoms with Gasteiger partial charge in [0.15, 0.2) is 0 Å². The van der Waals surface area contributed by atoms with E-state index in [4.69, 9.17) is 0 Å². The third kappa shape index (κ3) is 3.65. The van der Waals surface area contributed by atoms with Crippen molar-refractivity contribution in [1.29, 1.82) is 0 Å². The molecule has 1 N–H and O–H groups in total. The second-order valence-corrected chi connectivity index (χ2v) is 6.58. The van der Waals surface area contributed by atoms with E-state index in [-0.39, 0.29) is 5.82 Å². The summed E-state index contributed by atoms with van der Waals surface area (Å²) in [4.78, 5) is 0. The van der Waals surface area contributed by atoms with E-state index in [0.29, 0.717) is 12.0 Å². The molecule has 0 atom stereocenters. The van der Waals surface area contributed by atoms with E-state index in [1.807, 2.05) is 0 Å². The van der Waals surface area contributed by atoms with Gasteiger partial charge in [-0.05, 0) is 71.3 Å². The molecule has 1 fully saturated rings. The van der Waals surface area contributed by atoms with Crippen LogP contribution in [0.2, 0.25) is 0 Å². The van der Waals surface area contributed by atoms with E-state index in [2.05, 4.69) is 51.6 Å². The maximum absolute atomic E-state index is 13.3. The van der Waals surface area contributed by atoms with Crippen molar-refractivity contribution in [2.75, 3.05) is 5.32 Å². The third-order valence-electron chi connectivity index (χ3n) is 4.29. The number of nitrogens with one attached hydrogen (secondary N) is 1. The van der Waals surface area contributed by atoms with Crippen molar-refractivity contribution in [2.24, 2.45) is 0 Å². The summed E-state index contributed by atoms with van der Waals surface area (Å²) in [5, 5.41) is 3.48. The van der Waals surface area contributed by atoms with Gasteiger partial charge in [0.25, 0.3) is 0 Å². The lowest BCUT2D eigenvalue weighted by molar-refractivity contribution is 0.412. The lowest BCUT2D eigenvalue weighted by Gasteiger charge is -2.30. The summed E-state index contributed by atoms with van der Waals surface area (Å²) in [5.74, 6) is 0.471. The Morgan fingerprint density at radius 1 is 0.952 bits per heavy atom. The van der Waals surface area contributed by atoms with Crippen LogP contribution >= 0.6 is 15.9 Å². The highest BCUT2D eigenvalue weighted by Gasteiger charge is 2.22. The molecular weight excluding hydrogens is 329 g/mol. The minimum atomic E-state index is -0.196. The molecule has 0 amide bonds. The van der Waals surface area contributed by atoms with Crippen LogP contribution < -0.4 is 5.32 Å². The average Bonchev–Trinajstić information content (AvgIpc) is 2.53. The molecule has 0 heterocycles. The first-order valence-corrected chi connectivity index (χ1v) is 8.28. The van der Waals surface area contributed by atoms with Crippen molar-refractivity contribution in [3.8, 4) is 0 Å². The summed E-state index contributed by atoms with van der Waals surface area (Å²) in [7, 11) is 0. The smallest absolute Gasteiger partial charge is 0.125 e. The molecule has 2 aromatic carbocycles. The normalized spacial score (nSPS) is 22.0. The third-order valence-corrected chi connectivity index (χ3v) is 4.98. The van der Waals surface area contributed by atoms with Crippen LogP contribution in [0.25, 0.3) is 0 Å². The molecule has 0 radical (unpaired) electrons. The minimum Gasteiger partial charge on any atom is -0.381 e. The van der Waals surface area contributed by atoms with Gasteiger partial charge in [0, 0.05) is 10.5 Å². The van der Waals surface area contributed by atoms with Gasteiger partial charge in [-0.1, -0.05) is 30.3 Å². The quantitative estimate of drug-likeness (QED) is 0.747. The number of halogens is 2. The lowest BCUT2D eigenvalue weighted by Crippen LogP contribution is -2.25. The van der Waals surface area contributed by atoms with E-state index in [1.54, 1.807) is 12.1 Å². The predicted octanol–water partition coefficient (Wildman–Crippen LogP) is 5.73. The molecule has 0 bridgehead atoms. The zero-order chi connectivity index (χ0) is 14.7. The van der Waals surface area contributed by atoms with E-state index in [1.165, 1.54) is 24.5 Å². The maximum atomic E-state index is 13.3. The molecule has 3 heteroatoms. The molecule has 0 aromatic heterocycles. The molecule has 0 spiro atoms. The van der Waals surface area contributed by atoms with Gasteiger partial charge in [-0.3, -0.25) is 0 Å². The number of anilines is 1. The van der Waals surface area contributed by atoms with Crippen LogP contribution in [-0.4, -0.2) is 6.04 Å². The lowest BCUT2D eigenvalue weighted by atomic mass is 9.82. The molecule has 0 aliphatic heterocycles. The Bertz CT molecular complexity index is 591. The number of hydrogen-bond acceptors (Lipinski definition) is 1. The fraction of sp³-hybridized carbons (Fsp3) is 0.333. The Labute approximate surface area is 133 Å². The van der Waals surface area contributed by atoms with Crippen LogP contribution in [0.4, 0.5) is 10.1 Å². The predicted molar refractivity (Wildman–Crippen MR) is 89.2 cm³/mol. The summed E-state index contributed by atoms with van der Waals surface area (Å²) in [5.41, 5.74) is 2.31.